The van der Waals surface area contributed by atoms with Gasteiger partial charge in [-0.25, -0.2) is 4.79 Å². The standard InChI is InChI=1S/C20H17BF2N4O4/c22-21(23)25-12-13(3-8-20(30)31-27-18(28)6-7-19(27)29)10-15(25)11-14-4-5-17(26(14)21)16-2-1-9-24-16/h1-2,4-5,9-12,24H,3,6-8H2. The molecule has 5 rings (SSSR count). The lowest BCUT2D eigenvalue weighted by Gasteiger charge is -2.28. The number of hydroxylamine groups is 2. The maximum atomic E-state index is 15.4. The molecule has 11 heteroatoms. The lowest BCUT2D eigenvalue weighted by Crippen LogP contribution is -2.49. The molecule has 0 aliphatic carbocycles. The molecular weight excluding hydrogens is 409 g/mol. The highest BCUT2D eigenvalue weighted by atomic mass is 19.2. The zero-order chi connectivity index (χ0) is 21.8. The second-order valence-corrected chi connectivity index (χ2v) is 7.56. The number of carbonyl (C=O) groups excluding carboxylic acids is 3. The summed E-state index contributed by atoms with van der Waals surface area (Å²) in [5.41, 5.74) is 2.21. The number of hydrogen-bond acceptors (Lipinski definition) is 4. The number of rotatable bonds is 5. The SMILES string of the molecule is O=C(CCc1cc2n(c1)[B-](F)(F)[N+]1=C(c3ccc[nH]3)C=CC1=C2)ON1C(=O)CCC1=O. The summed E-state index contributed by atoms with van der Waals surface area (Å²) in [6, 6.07) is 5.07. The summed E-state index contributed by atoms with van der Waals surface area (Å²) in [5, 5.41) is 0.480. The summed E-state index contributed by atoms with van der Waals surface area (Å²) < 4.78 is 32.8. The lowest BCUT2D eigenvalue weighted by atomic mass is 9.91. The largest absolute Gasteiger partial charge is 0.737 e. The van der Waals surface area contributed by atoms with Crippen LogP contribution in [0.15, 0.2) is 48.4 Å². The van der Waals surface area contributed by atoms with E-state index in [9.17, 15) is 14.4 Å². The molecule has 3 aliphatic heterocycles. The molecular formula is C20H17BF2N4O4. The number of imide groups is 1. The highest BCUT2D eigenvalue weighted by Crippen LogP contribution is 2.32. The first kappa shape index (κ1) is 19.2. The van der Waals surface area contributed by atoms with Crippen molar-refractivity contribution in [3.8, 4) is 0 Å². The van der Waals surface area contributed by atoms with Gasteiger partial charge in [0.25, 0.3) is 11.8 Å². The number of H-pyrrole nitrogens is 1. The number of nitrogens with one attached hydrogen (secondary N) is 1. The molecule has 158 valence electrons. The molecule has 0 atom stereocenters. The second kappa shape index (κ2) is 6.90. The maximum absolute atomic E-state index is 15.4. The summed E-state index contributed by atoms with van der Waals surface area (Å²) >= 11 is 0. The van der Waals surface area contributed by atoms with Gasteiger partial charge in [0, 0.05) is 43.0 Å². The van der Waals surface area contributed by atoms with Crippen molar-refractivity contribution >= 4 is 36.5 Å². The minimum absolute atomic E-state index is 0.0105. The van der Waals surface area contributed by atoms with E-state index >= 15 is 8.63 Å². The van der Waals surface area contributed by atoms with Crippen LogP contribution in [-0.4, -0.2) is 49.5 Å². The van der Waals surface area contributed by atoms with Crippen LogP contribution in [0.5, 0.6) is 0 Å². The molecule has 2 amide bonds. The first-order valence-corrected chi connectivity index (χ1v) is 9.84. The Hall–Kier alpha value is -3.76. The predicted octanol–water partition coefficient (Wildman–Crippen LogP) is 2.00. The number of allylic oxidation sites excluding steroid dienone is 2. The normalized spacial score (nSPS) is 19.0. The Kier molecular flexibility index (Phi) is 4.28. The van der Waals surface area contributed by atoms with Crippen molar-refractivity contribution < 1.29 is 32.3 Å². The van der Waals surface area contributed by atoms with Gasteiger partial charge in [-0.05, 0) is 36.4 Å². The lowest BCUT2D eigenvalue weighted by molar-refractivity contribution is -0.360. The Morgan fingerprint density at radius 2 is 2.00 bits per heavy atom. The van der Waals surface area contributed by atoms with Crippen LogP contribution in [0.3, 0.4) is 0 Å². The minimum Gasteiger partial charge on any atom is -0.396 e. The minimum atomic E-state index is -4.14. The van der Waals surface area contributed by atoms with Crippen molar-refractivity contribution in [2.24, 2.45) is 0 Å². The summed E-state index contributed by atoms with van der Waals surface area (Å²) in [7, 11) is 0. The Bertz CT molecular complexity index is 1190. The molecule has 0 aromatic carbocycles. The fourth-order valence-electron chi connectivity index (χ4n) is 4.04. The zero-order valence-corrected chi connectivity index (χ0v) is 16.3. The van der Waals surface area contributed by atoms with Gasteiger partial charge in [-0.1, -0.05) is 0 Å². The van der Waals surface area contributed by atoms with E-state index in [2.05, 4.69) is 4.98 Å². The van der Waals surface area contributed by atoms with E-state index in [4.69, 9.17) is 4.84 Å². The molecule has 0 unspecified atom stereocenters. The first-order valence-electron chi connectivity index (χ1n) is 9.84. The van der Waals surface area contributed by atoms with Crippen LogP contribution in [0.1, 0.15) is 36.2 Å². The van der Waals surface area contributed by atoms with Crippen molar-refractivity contribution in [2.75, 3.05) is 0 Å². The van der Waals surface area contributed by atoms with Gasteiger partial charge in [-0.2, -0.15) is 0 Å². The number of halogens is 2. The van der Waals surface area contributed by atoms with Crippen LogP contribution in [0, 0.1) is 0 Å². The van der Waals surface area contributed by atoms with E-state index in [1.165, 1.54) is 6.20 Å². The highest BCUT2D eigenvalue weighted by molar-refractivity contribution is 6.58. The quantitative estimate of drug-likeness (QED) is 0.586. The van der Waals surface area contributed by atoms with Crippen molar-refractivity contribution in [1.29, 1.82) is 0 Å². The molecule has 1 N–H and O–H groups in total. The number of aryl methyl sites for hydroxylation is 1. The number of carbonyl (C=O) groups is 3. The Morgan fingerprint density at radius 3 is 2.71 bits per heavy atom. The molecule has 2 aromatic heterocycles. The van der Waals surface area contributed by atoms with Crippen LogP contribution in [0.4, 0.5) is 8.63 Å². The number of aromatic nitrogens is 2. The molecule has 0 bridgehead atoms. The highest BCUT2D eigenvalue weighted by Gasteiger charge is 2.51. The number of fused-ring (bicyclic) bond motifs is 2. The summed E-state index contributed by atoms with van der Waals surface area (Å²) in [6.45, 7) is -4.14. The van der Waals surface area contributed by atoms with E-state index in [0.717, 1.165) is 8.96 Å². The first-order chi connectivity index (χ1) is 14.8. The number of aromatic amines is 1. The number of hydrogen-bond donors (Lipinski definition) is 1. The van der Waals surface area contributed by atoms with Crippen LogP contribution in [-0.2, 0) is 25.6 Å². The molecule has 0 radical (unpaired) electrons. The fourth-order valence-corrected chi connectivity index (χ4v) is 4.04. The van der Waals surface area contributed by atoms with Gasteiger partial charge in [-0.15, -0.1) is 5.06 Å². The van der Waals surface area contributed by atoms with Crippen molar-refractivity contribution in [3.63, 3.8) is 0 Å². The van der Waals surface area contributed by atoms with Crippen molar-refractivity contribution in [3.05, 3.63) is 65.4 Å². The van der Waals surface area contributed by atoms with E-state index in [1.807, 2.05) is 0 Å². The average molecular weight is 426 g/mol. The van der Waals surface area contributed by atoms with Crippen LogP contribution in [0.25, 0.3) is 6.08 Å². The number of amides is 2. The van der Waals surface area contributed by atoms with E-state index in [-0.39, 0.29) is 25.7 Å². The summed E-state index contributed by atoms with van der Waals surface area (Å²) in [5.74, 6) is -1.89. The monoisotopic (exact) mass is 426 g/mol. The van der Waals surface area contributed by atoms with E-state index < -0.39 is 24.8 Å². The van der Waals surface area contributed by atoms with Crippen molar-refractivity contribution in [2.45, 2.75) is 25.7 Å². The number of nitrogens with zero attached hydrogens (tertiary/aromatic N) is 3. The topological polar surface area (TPSA) is 87.4 Å². The zero-order valence-electron chi connectivity index (χ0n) is 16.3. The fraction of sp³-hybridized carbons (Fsp3) is 0.200. The third-order valence-electron chi connectivity index (χ3n) is 5.52. The van der Waals surface area contributed by atoms with Crippen LogP contribution in [0.2, 0.25) is 0 Å². The van der Waals surface area contributed by atoms with E-state index in [1.54, 1.807) is 42.6 Å². The Morgan fingerprint density at radius 1 is 1.23 bits per heavy atom. The summed E-state index contributed by atoms with van der Waals surface area (Å²) in [4.78, 5) is 42.8. The van der Waals surface area contributed by atoms with E-state index in [0.29, 0.717) is 33.4 Å². The molecule has 1 fully saturated rings. The predicted molar refractivity (Wildman–Crippen MR) is 106 cm³/mol. The maximum Gasteiger partial charge on any atom is 0.737 e. The molecule has 0 spiro atoms. The van der Waals surface area contributed by atoms with Gasteiger partial charge in [0.1, 0.15) is 5.69 Å². The van der Waals surface area contributed by atoms with Crippen molar-refractivity contribution in [1.82, 2.24) is 14.5 Å². The third kappa shape index (κ3) is 3.13. The molecule has 0 saturated carbocycles. The third-order valence-corrected chi connectivity index (χ3v) is 5.52. The molecule has 5 heterocycles. The van der Waals surface area contributed by atoms with Gasteiger partial charge in [-0.3, -0.25) is 9.59 Å². The van der Waals surface area contributed by atoms with Gasteiger partial charge >= 0.3 is 12.9 Å². The van der Waals surface area contributed by atoms with Gasteiger partial charge < -0.3 is 27.4 Å². The molecule has 1 saturated heterocycles. The van der Waals surface area contributed by atoms with Gasteiger partial charge in [0.05, 0.1) is 6.42 Å². The molecule has 2 aromatic rings. The molecule has 8 nitrogen and oxygen atoms in total. The van der Waals surface area contributed by atoms with Crippen LogP contribution >= 0.6 is 0 Å². The molecule has 3 aliphatic rings. The Balaban J connectivity index is 1.35. The van der Waals surface area contributed by atoms with Gasteiger partial charge in [0.2, 0.25) is 0 Å². The van der Waals surface area contributed by atoms with Gasteiger partial charge in [0.15, 0.2) is 11.4 Å². The summed E-state index contributed by atoms with van der Waals surface area (Å²) in [6.07, 6.45) is 7.96. The Labute approximate surface area is 175 Å². The molecule has 31 heavy (non-hydrogen) atoms. The smallest absolute Gasteiger partial charge is 0.396 e. The average Bonchev–Trinajstić information content (AvgIpc) is 3.50. The second-order valence-electron chi connectivity index (χ2n) is 7.56. The van der Waals surface area contributed by atoms with Crippen LogP contribution < -0.4 is 0 Å².